The highest BCUT2D eigenvalue weighted by Gasteiger charge is 2.09. The number of hydrogen-bond acceptors (Lipinski definition) is 3. The van der Waals surface area contributed by atoms with Gasteiger partial charge in [0.25, 0.3) is 0 Å². The van der Waals surface area contributed by atoms with E-state index in [1.54, 1.807) is 11.8 Å². The Hall–Kier alpha value is -1.00. The van der Waals surface area contributed by atoms with Crippen molar-refractivity contribution in [1.82, 2.24) is 5.32 Å². The number of nitrogens with two attached hydrogens (primary N) is 1. The van der Waals surface area contributed by atoms with Gasteiger partial charge in [-0.15, -0.1) is 11.8 Å². The van der Waals surface area contributed by atoms with Crippen LogP contribution in [0.15, 0.2) is 29.2 Å². The van der Waals surface area contributed by atoms with Crippen molar-refractivity contribution in [3.05, 3.63) is 29.8 Å². The molecule has 0 radical (unpaired) electrons. The normalized spacial score (nSPS) is 12.2. The molecule has 0 aliphatic heterocycles. The average molecular weight is 238 g/mol. The van der Waals surface area contributed by atoms with Crippen molar-refractivity contribution < 1.29 is 4.79 Å². The Kier molecular flexibility index (Phi) is 5.35. The smallest absolute Gasteiger partial charge is 0.224 e. The summed E-state index contributed by atoms with van der Waals surface area (Å²) in [5, 5.41) is 2.86. The summed E-state index contributed by atoms with van der Waals surface area (Å²) in [6.45, 7) is 2.78. The number of benzene rings is 1. The largest absolute Gasteiger partial charge is 0.352 e. The highest BCUT2D eigenvalue weighted by molar-refractivity contribution is 7.98. The molecule has 4 heteroatoms. The second-order valence-corrected chi connectivity index (χ2v) is 4.58. The molecule has 1 amide bonds. The third-order valence-electron chi connectivity index (χ3n) is 2.43. The summed E-state index contributed by atoms with van der Waals surface area (Å²) in [6, 6.07) is 8.16. The van der Waals surface area contributed by atoms with E-state index in [9.17, 15) is 4.79 Å². The Labute approximate surface area is 101 Å². The summed E-state index contributed by atoms with van der Waals surface area (Å²) in [4.78, 5) is 12.7. The summed E-state index contributed by atoms with van der Waals surface area (Å²) in [6.07, 6.45) is 2.04. The zero-order chi connectivity index (χ0) is 12.0. The van der Waals surface area contributed by atoms with Crippen molar-refractivity contribution in [2.45, 2.75) is 18.4 Å². The van der Waals surface area contributed by atoms with Crippen LogP contribution in [0.5, 0.6) is 0 Å². The van der Waals surface area contributed by atoms with E-state index in [0.29, 0.717) is 13.1 Å². The molecule has 3 nitrogen and oxygen atoms in total. The second kappa shape index (κ2) is 6.55. The molecule has 88 valence electrons. The summed E-state index contributed by atoms with van der Waals surface area (Å²) < 4.78 is 0. The van der Waals surface area contributed by atoms with E-state index >= 15 is 0 Å². The Morgan fingerprint density at radius 1 is 1.44 bits per heavy atom. The van der Waals surface area contributed by atoms with E-state index in [0.717, 1.165) is 5.56 Å². The molecule has 0 heterocycles. The maximum Gasteiger partial charge on any atom is 0.224 e. The minimum atomic E-state index is -0.120. The molecule has 16 heavy (non-hydrogen) atoms. The van der Waals surface area contributed by atoms with Crippen LogP contribution in [-0.2, 0) is 11.3 Å². The lowest BCUT2D eigenvalue weighted by Gasteiger charge is -2.10. The van der Waals surface area contributed by atoms with E-state index in [1.165, 1.54) is 4.90 Å². The maximum atomic E-state index is 11.5. The van der Waals surface area contributed by atoms with Crippen molar-refractivity contribution in [2.75, 3.05) is 12.8 Å². The molecule has 1 unspecified atom stereocenters. The lowest BCUT2D eigenvalue weighted by molar-refractivity contribution is -0.124. The maximum absolute atomic E-state index is 11.5. The Morgan fingerprint density at radius 2 is 2.06 bits per heavy atom. The third kappa shape index (κ3) is 3.87. The molecule has 0 bridgehead atoms. The van der Waals surface area contributed by atoms with Gasteiger partial charge in [-0.05, 0) is 24.0 Å². The number of rotatable bonds is 5. The summed E-state index contributed by atoms with van der Waals surface area (Å²) >= 11 is 1.71. The number of amides is 1. The molecule has 0 saturated carbocycles. The zero-order valence-electron chi connectivity index (χ0n) is 9.69. The van der Waals surface area contributed by atoms with Crippen LogP contribution < -0.4 is 11.1 Å². The van der Waals surface area contributed by atoms with Gasteiger partial charge in [-0.1, -0.05) is 19.1 Å². The van der Waals surface area contributed by atoms with Crippen molar-refractivity contribution in [3.8, 4) is 0 Å². The fraction of sp³-hybridized carbons (Fsp3) is 0.417. The summed E-state index contributed by atoms with van der Waals surface area (Å²) in [5.41, 5.74) is 6.52. The van der Waals surface area contributed by atoms with Gasteiger partial charge in [0.05, 0.1) is 0 Å². The van der Waals surface area contributed by atoms with Crippen molar-refractivity contribution in [3.63, 3.8) is 0 Å². The first-order valence-corrected chi connectivity index (χ1v) is 6.50. The minimum Gasteiger partial charge on any atom is -0.352 e. The van der Waals surface area contributed by atoms with Crippen molar-refractivity contribution in [1.29, 1.82) is 0 Å². The molecule has 0 spiro atoms. The van der Waals surface area contributed by atoms with Crippen LogP contribution in [0.2, 0.25) is 0 Å². The summed E-state index contributed by atoms with van der Waals surface area (Å²) in [7, 11) is 0. The topological polar surface area (TPSA) is 55.1 Å². The van der Waals surface area contributed by atoms with Gasteiger partial charge in [0.15, 0.2) is 0 Å². The van der Waals surface area contributed by atoms with Gasteiger partial charge in [0.1, 0.15) is 0 Å². The van der Waals surface area contributed by atoms with Gasteiger partial charge in [0, 0.05) is 23.9 Å². The highest BCUT2D eigenvalue weighted by Crippen LogP contribution is 2.14. The van der Waals surface area contributed by atoms with Crippen LogP contribution in [0, 0.1) is 5.92 Å². The van der Waals surface area contributed by atoms with Gasteiger partial charge >= 0.3 is 0 Å². The standard InChI is InChI=1S/C12H18N2OS/c1-9(7-13)12(15)14-8-10-3-5-11(16-2)6-4-10/h3-6,9H,7-8,13H2,1-2H3,(H,14,15). The molecule has 1 aromatic rings. The first kappa shape index (κ1) is 13.1. The van der Waals surface area contributed by atoms with Crippen LogP contribution in [0.25, 0.3) is 0 Å². The molecule has 0 aromatic heterocycles. The van der Waals surface area contributed by atoms with Crippen LogP contribution in [0.4, 0.5) is 0 Å². The van der Waals surface area contributed by atoms with E-state index in [-0.39, 0.29) is 11.8 Å². The Morgan fingerprint density at radius 3 is 2.56 bits per heavy atom. The lowest BCUT2D eigenvalue weighted by atomic mass is 10.1. The number of carbonyl (C=O) groups is 1. The molecule has 1 atom stereocenters. The molecule has 0 aliphatic rings. The van der Waals surface area contributed by atoms with Crippen molar-refractivity contribution >= 4 is 17.7 Å². The molecule has 0 fully saturated rings. The highest BCUT2D eigenvalue weighted by atomic mass is 32.2. The number of carbonyl (C=O) groups excluding carboxylic acids is 1. The fourth-order valence-corrected chi connectivity index (χ4v) is 1.62. The van der Waals surface area contributed by atoms with Gasteiger partial charge in [-0.25, -0.2) is 0 Å². The van der Waals surface area contributed by atoms with Crippen LogP contribution >= 0.6 is 11.8 Å². The zero-order valence-corrected chi connectivity index (χ0v) is 10.5. The number of hydrogen-bond donors (Lipinski definition) is 2. The number of thioether (sulfide) groups is 1. The molecule has 1 aromatic carbocycles. The second-order valence-electron chi connectivity index (χ2n) is 3.70. The van der Waals surface area contributed by atoms with Crippen LogP contribution in [-0.4, -0.2) is 18.7 Å². The van der Waals surface area contributed by atoms with E-state index < -0.39 is 0 Å². The predicted octanol–water partition coefficient (Wildman–Crippen LogP) is 1.62. The van der Waals surface area contributed by atoms with Crippen molar-refractivity contribution in [2.24, 2.45) is 11.7 Å². The third-order valence-corrected chi connectivity index (χ3v) is 3.17. The fourth-order valence-electron chi connectivity index (χ4n) is 1.21. The van der Waals surface area contributed by atoms with Gasteiger partial charge in [-0.2, -0.15) is 0 Å². The van der Waals surface area contributed by atoms with Gasteiger partial charge in [-0.3, -0.25) is 4.79 Å². The lowest BCUT2D eigenvalue weighted by Crippen LogP contribution is -2.32. The molecule has 1 rings (SSSR count). The molecule has 3 N–H and O–H groups in total. The van der Waals surface area contributed by atoms with Crippen LogP contribution in [0.1, 0.15) is 12.5 Å². The minimum absolute atomic E-state index is 0.0106. The number of nitrogens with one attached hydrogen (secondary N) is 1. The Bertz CT molecular complexity index is 337. The quantitative estimate of drug-likeness (QED) is 0.766. The summed E-state index contributed by atoms with van der Waals surface area (Å²) in [5.74, 6) is -0.109. The molecular formula is C12H18N2OS. The van der Waals surface area contributed by atoms with E-state index in [2.05, 4.69) is 17.4 Å². The SMILES string of the molecule is CSc1ccc(CNC(=O)C(C)CN)cc1. The van der Waals surface area contributed by atoms with E-state index in [1.807, 2.05) is 25.3 Å². The molecular weight excluding hydrogens is 220 g/mol. The molecule has 0 aliphatic carbocycles. The monoisotopic (exact) mass is 238 g/mol. The van der Waals surface area contributed by atoms with E-state index in [4.69, 9.17) is 5.73 Å². The Balaban J connectivity index is 2.45. The van der Waals surface area contributed by atoms with Crippen LogP contribution in [0.3, 0.4) is 0 Å². The first-order valence-electron chi connectivity index (χ1n) is 5.28. The van der Waals surface area contributed by atoms with Gasteiger partial charge < -0.3 is 11.1 Å². The average Bonchev–Trinajstić information content (AvgIpc) is 2.35. The van der Waals surface area contributed by atoms with Gasteiger partial charge in [0.2, 0.25) is 5.91 Å². The molecule has 0 saturated heterocycles. The first-order chi connectivity index (χ1) is 7.67. The predicted molar refractivity (Wildman–Crippen MR) is 68.3 cm³/mol.